The summed E-state index contributed by atoms with van der Waals surface area (Å²) >= 11 is 6.22. The number of nitrogens with zero attached hydrogens (tertiary/aromatic N) is 2. The van der Waals surface area contributed by atoms with Gasteiger partial charge in [-0.2, -0.15) is 0 Å². The van der Waals surface area contributed by atoms with E-state index in [1.807, 2.05) is 56.3 Å². The van der Waals surface area contributed by atoms with Gasteiger partial charge in [-0.05, 0) is 55.9 Å². The molecule has 0 radical (unpaired) electrons. The Balaban J connectivity index is 1.95. The van der Waals surface area contributed by atoms with Crippen LogP contribution in [0.4, 0.5) is 0 Å². The molecule has 3 aromatic rings. The van der Waals surface area contributed by atoms with Crippen LogP contribution in [0.15, 0.2) is 51.7 Å². The van der Waals surface area contributed by atoms with Gasteiger partial charge in [0.2, 0.25) is 5.76 Å². The van der Waals surface area contributed by atoms with Crippen molar-refractivity contribution in [3.8, 4) is 0 Å². The van der Waals surface area contributed by atoms with E-state index in [1.165, 1.54) is 0 Å². The van der Waals surface area contributed by atoms with E-state index >= 15 is 0 Å². The molecule has 1 aliphatic heterocycles. The standard InChI is InChI=1S/C23H23ClN2O3/c1-4-14-8-9-18-17(12-14)21(27)19-20(15-6-5-7-16(24)13-15)26(11-10-25(2)3)23(28)22(19)29-18/h5-9,12-13,20H,4,10-11H2,1-3H3. The highest BCUT2D eigenvalue weighted by Crippen LogP contribution is 2.38. The zero-order valence-corrected chi connectivity index (χ0v) is 17.5. The van der Waals surface area contributed by atoms with Crippen LogP contribution >= 0.6 is 11.6 Å². The van der Waals surface area contributed by atoms with Crippen molar-refractivity contribution in [2.75, 3.05) is 27.2 Å². The molecule has 2 aromatic carbocycles. The zero-order chi connectivity index (χ0) is 20.7. The Hall–Kier alpha value is -2.63. The molecule has 1 aromatic heterocycles. The SMILES string of the molecule is CCc1ccc2oc3c(c(=O)c2c1)C(c1cccc(Cl)c1)N(CCN(C)C)C3=O. The molecule has 0 fully saturated rings. The summed E-state index contributed by atoms with van der Waals surface area (Å²) in [6.45, 7) is 3.19. The molecule has 0 saturated heterocycles. The minimum atomic E-state index is -0.512. The van der Waals surface area contributed by atoms with Gasteiger partial charge in [-0.15, -0.1) is 0 Å². The molecule has 6 heteroatoms. The minimum absolute atomic E-state index is 0.135. The predicted molar refractivity (Wildman–Crippen MR) is 115 cm³/mol. The van der Waals surface area contributed by atoms with Crippen molar-refractivity contribution in [2.45, 2.75) is 19.4 Å². The lowest BCUT2D eigenvalue weighted by Crippen LogP contribution is -2.35. The summed E-state index contributed by atoms with van der Waals surface area (Å²) in [6, 6.07) is 12.4. The number of rotatable bonds is 5. The van der Waals surface area contributed by atoms with Crippen LogP contribution in [-0.4, -0.2) is 42.9 Å². The van der Waals surface area contributed by atoms with Gasteiger partial charge in [-0.3, -0.25) is 9.59 Å². The monoisotopic (exact) mass is 410 g/mol. The molecular formula is C23H23ClN2O3. The topological polar surface area (TPSA) is 53.8 Å². The fourth-order valence-corrected chi connectivity index (χ4v) is 4.05. The summed E-state index contributed by atoms with van der Waals surface area (Å²) in [5, 5.41) is 1.08. The quantitative estimate of drug-likeness (QED) is 0.635. The van der Waals surface area contributed by atoms with E-state index in [9.17, 15) is 9.59 Å². The van der Waals surface area contributed by atoms with Crippen molar-refractivity contribution in [3.05, 3.63) is 80.2 Å². The lowest BCUT2D eigenvalue weighted by Gasteiger charge is -2.26. The minimum Gasteiger partial charge on any atom is -0.450 e. The van der Waals surface area contributed by atoms with E-state index in [0.717, 1.165) is 17.5 Å². The fourth-order valence-electron chi connectivity index (χ4n) is 3.85. The van der Waals surface area contributed by atoms with Crippen LogP contribution in [0, 0.1) is 0 Å². The molecule has 1 aliphatic rings. The molecule has 1 unspecified atom stereocenters. The molecule has 0 aliphatic carbocycles. The lowest BCUT2D eigenvalue weighted by molar-refractivity contribution is 0.0716. The maximum atomic E-state index is 13.5. The molecule has 0 bridgehead atoms. The van der Waals surface area contributed by atoms with Gasteiger partial charge in [-0.1, -0.05) is 36.7 Å². The Morgan fingerprint density at radius 1 is 1.14 bits per heavy atom. The van der Waals surface area contributed by atoms with E-state index in [2.05, 4.69) is 0 Å². The van der Waals surface area contributed by atoms with Crippen LogP contribution in [0.5, 0.6) is 0 Å². The van der Waals surface area contributed by atoms with Crippen molar-refractivity contribution < 1.29 is 9.21 Å². The number of carbonyl (C=O) groups excluding carboxylic acids is 1. The maximum absolute atomic E-state index is 13.5. The highest BCUT2D eigenvalue weighted by Gasteiger charge is 2.42. The third-order valence-electron chi connectivity index (χ3n) is 5.39. The van der Waals surface area contributed by atoms with E-state index in [0.29, 0.717) is 34.6 Å². The van der Waals surface area contributed by atoms with Gasteiger partial charge >= 0.3 is 0 Å². The average Bonchev–Trinajstić information content (AvgIpc) is 2.98. The molecule has 4 rings (SSSR count). The second kappa shape index (κ2) is 7.65. The Morgan fingerprint density at radius 2 is 1.93 bits per heavy atom. The second-order valence-electron chi connectivity index (χ2n) is 7.62. The molecular weight excluding hydrogens is 388 g/mol. The van der Waals surface area contributed by atoms with Crippen LogP contribution < -0.4 is 5.43 Å². The number of hydrogen-bond acceptors (Lipinski definition) is 4. The average molecular weight is 411 g/mol. The highest BCUT2D eigenvalue weighted by atomic mass is 35.5. The molecule has 1 amide bonds. The first-order chi connectivity index (χ1) is 13.9. The molecule has 29 heavy (non-hydrogen) atoms. The zero-order valence-electron chi connectivity index (χ0n) is 16.7. The molecule has 150 valence electrons. The van der Waals surface area contributed by atoms with Gasteiger partial charge in [0, 0.05) is 18.1 Å². The van der Waals surface area contributed by atoms with Crippen molar-refractivity contribution in [2.24, 2.45) is 0 Å². The Bertz CT molecular complexity index is 1150. The number of hydrogen-bond donors (Lipinski definition) is 0. The number of aryl methyl sites for hydroxylation is 1. The molecule has 0 N–H and O–H groups in total. The number of carbonyl (C=O) groups is 1. The van der Waals surface area contributed by atoms with Crippen LogP contribution in [0.25, 0.3) is 11.0 Å². The highest BCUT2D eigenvalue weighted by molar-refractivity contribution is 6.30. The third kappa shape index (κ3) is 3.45. The largest absolute Gasteiger partial charge is 0.450 e. The van der Waals surface area contributed by atoms with Crippen LogP contribution in [0.2, 0.25) is 5.02 Å². The van der Waals surface area contributed by atoms with Gasteiger partial charge in [0.15, 0.2) is 5.43 Å². The molecule has 0 spiro atoms. The molecule has 2 heterocycles. The normalized spacial score (nSPS) is 16.1. The number of fused-ring (bicyclic) bond motifs is 2. The number of halogens is 1. The number of amides is 1. The molecule has 5 nitrogen and oxygen atoms in total. The van der Waals surface area contributed by atoms with E-state index < -0.39 is 6.04 Å². The van der Waals surface area contributed by atoms with Crippen LogP contribution in [0.1, 0.15) is 40.2 Å². The van der Waals surface area contributed by atoms with E-state index in [4.69, 9.17) is 16.0 Å². The van der Waals surface area contributed by atoms with Crippen molar-refractivity contribution in [1.29, 1.82) is 0 Å². The van der Waals surface area contributed by atoms with Gasteiger partial charge in [-0.25, -0.2) is 0 Å². The Labute approximate surface area is 174 Å². The van der Waals surface area contributed by atoms with Gasteiger partial charge in [0.25, 0.3) is 5.91 Å². The summed E-state index contributed by atoms with van der Waals surface area (Å²) in [5.41, 5.74) is 2.55. The van der Waals surface area contributed by atoms with E-state index in [1.54, 1.807) is 17.0 Å². The smallest absolute Gasteiger partial charge is 0.290 e. The Morgan fingerprint density at radius 3 is 2.62 bits per heavy atom. The van der Waals surface area contributed by atoms with Crippen molar-refractivity contribution in [1.82, 2.24) is 9.80 Å². The van der Waals surface area contributed by atoms with Gasteiger partial charge in [0.05, 0.1) is 17.0 Å². The van der Waals surface area contributed by atoms with Crippen molar-refractivity contribution in [3.63, 3.8) is 0 Å². The number of benzene rings is 2. The first kappa shape index (κ1) is 19.7. The first-order valence-electron chi connectivity index (χ1n) is 9.71. The van der Waals surface area contributed by atoms with Gasteiger partial charge < -0.3 is 14.2 Å². The van der Waals surface area contributed by atoms with Crippen LogP contribution in [0.3, 0.4) is 0 Å². The summed E-state index contributed by atoms with van der Waals surface area (Å²) < 4.78 is 5.98. The maximum Gasteiger partial charge on any atom is 0.290 e. The Kier molecular flexibility index (Phi) is 5.19. The molecule has 1 atom stereocenters. The fraction of sp³-hybridized carbons (Fsp3) is 0.304. The van der Waals surface area contributed by atoms with E-state index in [-0.39, 0.29) is 17.1 Å². The summed E-state index contributed by atoms with van der Waals surface area (Å²) in [6.07, 6.45) is 0.818. The van der Waals surface area contributed by atoms with Crippen molar-refractivity contribution >= 4 is 28.5 Å². The second-order valence-corrected chi connectivity index (χ2v) is 8.05. The van der Waals surface area contributed by atoms with Crippen LogP contribution in [-0.2, 0) is 6.42 Å². The summed E-state index contributed by atoms with van der Waals surface area (Å²) in [4.78, 5) is 30.5. The predicted octanol–water partition coefficient (Wildman–Crippen LogP) is 4.12. The summed E-state index contributed by atoms with van der Waals surface area (Å²) in [7, 11) is 3.90. The summed E-state index contributed by atoms with van der Waals surface area (Å²) in [5.74, 6) is -0.124. The molecule has 0 saturated carbocycles. The first-order valence-corrected chi connectivity index (χ1v) is 10.1. The van der Waals surface area contributed by atoms with Gasteiger partial charge in [0.1, 0.15) is 5.58 Å². The number of likely N-dealkylation sites (N-methyl/N-ethyl adjacent to an activating group) is 1. The third-order valence-corrected chi connectivity index (χ3v) is 5.63. The lowest BCUT2D eigenvalue weighted by atomic mass is 9.98.